The fourth-order valence-electron chi connectivity index (χ4n) is 1.21. The lowest BCUT2D eigenvalue weighted by molar-refractivity contribution is -0.275. The second-order valence-corrected chi connectivity index (χ2v) is 2.98. The number of primary amides is 1. The number of nitrogens with two attached hydrogens (primary N) is 1. The van der Waals surface area contributed by atoms with E-state index in [0.29, 0.717) is 0 Å². The van der Waals surface area contributed by atoms with Crippen LogP contribution in [-0.2, 0) is 0 Å². The van der Waals surface area contributed by atoms with E-state index in [4.69, 9.17) is 10.5 Å². The van der Waals surface area contributed by atoms with Crippen LogP contribution in [0.15, 0.2) is 18.2 Å². The lowest BCUT2D eigenvalue weighted by atomic mass is 10.2. The van der Waals surface area contributed by atoms with E-state index in [1.165, 1.54) is 12.1 Å². The zero-order chi connectivity index (χ0) is 13.1. The molecule has 0 atom stereocenters. The van der Waals surface area contributed by atoms with Crippen molar-refractivity contribution in [2.45, 2.75) is 13.3 Å². The average molecular weight is 249 g/mol. The molecule has 1 rings (SSSR count). The van der Waals surface area contributed by atoms with E-state index >= 15 is 0 Å². The summed E-state index contributed by atoms with van der Waals surface area (Å²) in [5.74, 6) is -1.78. The van der Waals surface area contributed by atoms with Gasteiger partial charge in [-0.3, -0.25) is 4.79 Å². The van der Waals surface area contributed by atoms with Crippen molar-refractivity contribution in [3.05, 3.63) is 23.8 Å². The maximum atomic E-state index is 12.1. The Morgan fingerprint density at radius 3 is 2.53 bits per heavy atom. The van der Waals surface area contributed by atoms with Gasteiger partial charge < -0.3 is 15.2 Å². The lowest BCUT2D eigenvalue weighted by Crippen LogP contribution is -2.19. The second-order valence-electron chi connectivity index (χ2n) is 2.98. The molecule has 0 spiro atoms. The number of ether oxygens (including phenoxy) is 2. The van der Waals surface area contributed by atoms with Gasteiger partial charge in [0.25, 0.3) is 5.91 Å². The molecule has 0 fully saturated rings. The normalized spacial score (nSPS) is 11.1. The fraction of sp³-hybridized carbons (Fsp3) is 0.300. The molecule has 0 bridgehead atoms. The first-order valence-corrected chi connectivity index (χ1v) is 4.66. The summed E-state index contributed by atoms with van der Waals surface area (Å²) >= 11 is 0. The maximum Gasteiger partial charge on any atom is 0.573 e. The summed E-state index contributed by atoms with van der Waals surface area (Å²) in [6.07, 6.45) is -4.86. The third-order valence-corrected chi connectivity index (χ3v) is 1.76. The van der Waals surface area contributed by atoms with E-state index in [2.05, 4.69) is 4.74 Å². The first kappa shape index (κ1) is 13.1. The number of amides is 1. The molecule has 4 nitrogen and oxygen atoms in total. The Labute approximate surface area is 95.1 Å². The molecule has 0 aromatic heterocycles. The molecule has 0 radical (unpaired) electrons. The number of halogens is 3. The van der Waals surface area contributed by atoms with E-state index < -0.39 is 18.0 Å². The lowest BCUT2D eigenvalue weighted by Gasteiger charge is -2.15. The van der Waals surface area contributed by atoms with Crippen LogP contribution in [0.3, 0.4) is 0 Å². The maximum absolute atomic E-state index is 12.1. The third kappa shape index (κ3) is 3.54. The van der Waals surface area contributed by atoms with Crippen LogP contribution in [0.25, 0.3) is 0 Å². The molecule has 0 saturated carbocycles. The summed E-state index contributed by atoms with van der Waals surface area (Å²) < 4.78 is 45.0. The summed E-state index contributed by atoms with van der Waals surface area (Å²) in [4.78, 5) is 11.0. The third-order valence-electron chi connectivity index (χ3n) is 1.76. The highest BCUT2D eigenvalue weighted by atomic mass is 19.4. The molecular formula is C10H10F3NO3. The Morgan fingerprint density at radius 1 is 1.41 bits per heavy atom. The molecule has 0 aliphatic heterocycles. The Balaban J connectivity index is 3.20. The van der Waals surface area contributed by atoms with Crippen LogP contribution in [-0.4, -0.2) is 18.9 Å². The number of carbonyl (C=O) groups excluding carboxylic acids is 1. The van der Waals surface area contributed by atoms with Gasteiger partial charge in [-0.2, -0.15) is 0 Å². The van der Waals surface area contributed by atoms with Gasteiger partial charge in [-0.25, -0.2) is 0 Å². The van der Waals surface area contributed by atoms with Gasteiger partial charge in [0.05, 0.1) is 12.2 Å². The summed E-state index contributed by atoms with van der Waals surface area (Å²) in [5.41, 5.74) is 4.86. The van der Waals surface area contributed by atoms with E-state index in [-0.39, 0.29) is 17.9 Å². The highest BCUT2D eigenvalue weighted by Gasteiger charge is 2.33. The number of hydrogen-bond donors (Lipinski definition) is 1. The zero-order valence-corrected chi connectivity index (χ0v) is 8.88. The molecule has 1 aromatic rings. The average Bonchev–Trinajstić information content (AvgIpc) is 2.18. The van der Waals surface area contributed by atoms with Crippen molar-refractivity contribution >= 4 is 5.91 Å². The number of para-hydroxylation sites is 1. The minimum atomic E-state index is -4.86. The number of benzene rings is 1. The SMILES string of the molecule is CCOc1c(OC(F)(F)F)cccc1C(N)=O. The van der Waals surface area contributed by atoms with E-state index in [0.717, 1.165) is 6.07 Å². The highest BCUT2D eigenvalue weighted by Crippen LogP contribution is 2.34. The predicted molar refractivity (Wildman–Crippen MR) is 52.8 cm³/mol. The van der Waals surface area contributed by atoms with Crippen LogP contribution in [0.5, 0.6) is 11.5 Å². The minimum absolute atomic E-state index is 0.0819. The molecule has 1 aromatic carbocycles. The molecule has 0 heterocycles. The highest BCUT2D eigenvalue weighted by molar-refractivity contribution is 5.96. The van der Waals surface area contributed by atoms with E-state index in [1.54, 1.807) is 6.92 Å². The molecule has 94 valence electrons. The monoisotopic (exact) mass is 249 g/mol. The molecule has 7 heteroatoms. The van der Waals surface area contributed by atoms with Crippen LogP contribution < -0.4 is 15.2 Å². The molecule has 2 N–H and O–H groups in total. The topological polar surface area (TPSA) is 61.6 Å². The van der Waals surface area contributed by atoms with Crippen molar-refractivity contribution < 1.29 is 27.4 Å². The number of alkyl halides is 3. The van der Waals surface area contributed by atoms with Gasteiger partial charge in [-0.1, -0.05) is 6.07 Å². The molecular weight excluding hydrogens is 239 g/mol. The predicted octanol–water partition coefficient (Wildman–Crippen LogP) is 2.08. The van der Waals surface area contributed by atoms with Gasteiger partial charge in [-0.15, -0.1) is 13.2 Å². The molecule has 0 unspecified atom stereocenters. The number of rotatable bonds is 4. The summed E-state index contributed by atoms with van der Waals surface area (Å²) in [7, 11) is 0. The van der Waals surface area contributed by atoms with Crippen molar-refractivity contribution in [2.75, 3.05) is 6.61 Å². The van der Waals surface area contributed by atoms with Crippen LogP contribution in [0.2, 0.25) is 0 Å². The Bertz CT molecular complexity index is 418. The van der Waals surface area contributed by atoms with Crippen LogP contribution in [0.4, 0.5) is 13.2 Å². The standard InChI is InChI=1S/C10H10F3NO3/c1-2-16-8-6(9(14)15)4-3-5-7(8)17-10(11,12)13/h3-5H,2H2,1H3,(H2,14,15). The van der Waals surface area contributed by atoms with E-state index in [9.17, 15) is 18.0 Å². The summed E-state index contributed by atoms with van der Waals surface area (Å²) in [6.45, 7) is 1.65. The van der Waals surface area contributed by atoms with Gasteiger partial charge in [-0.05, 0) is 19.1 Å². The summed E-state index contributed by atoms with van der Waals surface area (Å²) in [5, 5.41) is 0. The van der Waals surface area contributed by atoms with E-state index in [1.807, 2.05) is 0 Å². The van der Waals surface area contributed by atoms with Gasteiger partial charge >= 0.3 is 6.36 Å². The van der Waals surface area contributed by atoms with Crippen molar-refractivity contribution in [3.8, 4) is 11.5 Å². The van der Waals surface area contributed by atoms with Crippen molar-refractivity contribution in [3.63, 3.8) is 0 Å². The molecule has 0 aliphatic rings. The second kappa shape index (κ2) is 4.94. The van der Waals surface area contributed by atoms with Crippen LogP contribution >= 0.6 is 0 Å². The Kier molecular flexibility index (Phi) is 3.82. The Hall–Kier alpha value is -1.92. The molecule has 0 aliphatic carbocycles. The summed E-state index contributed by atoms with van der Waals surface area (Å²) in [6, 6.07) is 3.53. The van der Waals surface area contributed by atoms with Gasteiger partial charge in [0.2, 0.25) is 0 Å². The number of carbonyl (C=O) groups is 1. The molecule has 17 heavy (non-hydrogen) atoms. The smallest absolute Gasteiger partial charge is 0.489 e. The quantitative estimate of drug-likeness (QED) is 0.888. The first-order chi connectivity index (χ1) is 7.85. The fourth-order valence-corrected chi connectivity index (χ4v) is 1.21. The minimum Gasteiger partial charge on any atom is -0.489 e. The zero-order valence-electron chi connectivity index (χ0n) is 8.88. The molecule has 1 amide bonds. The van der Waals surface area contributed by atoms with Gasteiger partial charge in [0.1, 0.15) is 0 Å². The van der Waals surface area contributed by atoms with Crippen LogP contribution in [0.1, 0.15) is 17.3 Å². The van der Waals surface area contributed by atoms with Crippen molar-refractivity contribution in [1.82, 2.24) is 0 Å². The van der Waals surface area contributed by atoms with Gasteiger partial charge in [0, 0.05) is 0 Å². The van der Waals surface area contributed by atoms with Crippen molar-refractivity contribution in [1.29, 1.82) is 0 Å². The first-order valence-electron chi connectivity index (χ1n) is 4.66. The van der Waals surface area contributed by atoms with Crippen molar-refractivity contribution in [2.24, 2.45) is 5.73 Å². The molecule has 0 saturated heterocycles. The van der Waals surface area contributed by atoms with Crippen LogP contribution in [0, 0.1) is 0 Å². The largest absolute Gasteiger partial charge is 0.573 e. The number of hydrogen-bond acceptors (Lipinski definition) is 3. The Morgan fingerprint density at radius 2 is 2.06 bits per heavy atom. The van der Waals surface area contributed by atoms with Gasteiger partial charge in [0.15, 0.2) is 11.5 Å².